The predicted molar refractivity (Wildman–Crippen MR) is 92.8 cm³/mol. The normalized spacial score (nSPS) is 30.2. The third-order valence-electron chi connectivity index (χ3n) is 5.31. The fraction of sp³-hybridized carbons (Fsp3) is 0.611. The molecule has 3 rings (SSSR count). The number of hydrogen-bond acceptors (Lipinski definition) is 5. The van der Waals surface area contributed by atoms with Gasteiger partial charge < -0.3 is 9.47 Å². The van der Waals surface area contributed by atoms with E-state index in [0.717, 1.165) is 24.3 Å². The second-order valence-corrected chi connectivity index (χ2v) is 7.67. The number of nitrogens with zero attached hydrogens (tertiary/aromatic N) is 1. The molecular weight excluding hydrogens is 310 g/mol. The fourth-order valence-electron chi connectivity index (χ4n) is 3.96. The summed E-state index contributed by atoms with van der Waals surface area (Å²) in [7, 11) is 5.34. The summed E-state index contributed by atoms with van der Waals surface area (Å²) in [6.07, 6.45) is 3.39. The van der Waals surface area contributed by atoms with Crippen LogP contribution in [0.3, 0.4) is 0 Å². The first-order chi connectivity index (χ1) is 11.1. The van der Waals surface area contributed by atoms with E-state index in [4.69, 9.17) is 9.47 Å². The first-order valence-corrected chi connectivity index (χ1v) is 9.23. The van der Waals surface area contributed by atoms with Crippen LogP contribution in [0.2, 0.25) is 0 Å². The highest BCUT2D eigenvalue weighted by atomic mass is 32.2. The van der Waals surface area contributed by atoms with E-state index in [1.54, 1.807) is 7.11 Å². The van der Waals surface area contributed by atoms with Gasteiger partial charge in [-0.05, 0) is 44.0 Å². The number of carbonyl (C=O) groups is 1. The minimum absolute atomic E-state index is 0.00741. The summed E-state index contributed by atoms with van der Waals surface area (Å²) < 4.78 is 10.3. The zero-order valence-electron chi connectivity index (χ0n) is 14.0. The second kappa shape index (κ2) is 7.14. The van der Waals surface area contributed by atoms with Gasteiger partial charge in [0.15, 0.2) is 0 Å². The van der Waals surface area contributed by atoms with Crippen LogP contribution in [0.1, 0.15) is 24.8 Å². The van der Waals surface area contributed by atoms with Gasteiger partial charge in [-0.15, -0.1) is 0 Å². The highest BCUT2D eigenvalue weighted by Gasteiger charge is 2.49. The summed E-state index contributed by atoms with van der Waals surface area (Å²) in [5, 5.41) is 0.346. The first-order valence-electron chi connectivity index (χ1n) is 8.18. The summed E-state index contributed by atoms with van der Waals surface area (Å²) in [5.41, 5.74) is 1.27. The molecule has 0 aliphatic carbocycles. The molecule has 4 nitrogen and oxygen atoms in total. The smallest absolute Gasteiger partial charge is 0.311 e. The lowest BCUT2D eigenvalue weighted by atomic mass is 9.90. The van der Waals surface area contributed by atoms with E-state index in [1.165, 1.54) is 19.1 Å². The Balaban J connectivity index is 1.68. The van der Waals surface area contributed by atoms with Crippen LogP contribution in [0.15, 0.2) is 24.3 Å². The summed E-state index contributed by atoms with van der Waals surface area (Å²) in [5.74, 6) is 1.75. The molecule has 4 atom stereocenters. The molecule has 2 aliphatic rings. The Bertz CT molecular complexity index is 548. The SMILES string of the molecule is COC(=O)[C@@H]1[C@H]2CC[C@@H](C[C@H]1SCc1ccc(OC)cc1)N2C. The van der Waals surface area contributed by atoms with Gasteiger partial charge >= 0.3 is 5.97 Å². The molecule has 2 heterocycles. The number of hydrogen-bond donors (Lipinski definition) is 0. The summed E-state index contributed by atoms with van der Waals surface area (Å²) >= 11 is 1.90. The van der Waals surface area contributed by atoms with Crippen LogP contribution >= 0.6 is 11.8 Å². The number of carbonyl (C=O) groups excluding carboxylic acids is 1. The van der Waals surface area contributed by atoms with E-state index in [0.29, 0.717) is 17.3 Å². The molecule has 0 N–H and O–H groups in total. The van der Waals surface area contributed by atoms with Gasteiger partial charge in [0.1, 0.15) is 5.75 Å². The maximum absolute atomic E-state index is 12.3. The minimum Gasteiger partial charge on any atom is -0.497 e. The number of benzene rings is 1. The van der Waals surface area contributed by atoms with E-state index in [-0.39, 0.29) is 11.9 Å². The average Bonchev–Trinajstić information content (AvgIpc) is 2.83. The summed E-state index contributed by atoms with van der Waals surface area (Å²) in [4.78, 5) is 14.7. The van der Waals surface area contributed by atoms with Crippen molar-refractivity contribution >= 4 is 17.7 Å². The maximum atomic E-state index is 12.3. The third-order valence-corrected chi connectivity index (χ3v) is 6.72. The van der Waals surface area contributed by atoms with Gasteiger partial charge in [-0.25, -0.2) is 0 Å². The lowest BCUT2D eigenvalue weighted by molar-refractivity contribution is -0.148. The van der Waals surface area contributed by atoms with E-state index < -0.39 is 0 Å². The van der Waals surface area contributed by atoms with Crippen LogP contribution in [-0.4, -0.2) is 49.5 Å². The van der Waals surface area contributed by atoms with Gasteiger partial charge in [0.25, 0.3) is 0 Å². The van der Waals surface area contributed by atoms with Crippen LogP contribution in [0.5, 0.6) is 5.75 Å². The Morgan fingerprint density at radius 3 is 2.65 bits per heavy atom. The van der Waals surface area contributed by atoms with Crippen molar-refractivity contribution in [3.63, 3.8) is 0 Å². The summed E-state index contributed by atoms with van der Waals surface area (Å²) in [6, 6.07) is 9.15. The van der Waals surface area contributed by atoms with Crippen molar-refractivity contribution in [3.05, 3.63) is 29.8 Å². The zero-order valence-corrected chi connectivity index (χ0v) is 14.8. The lowest BCUT2D eigenvalue weighted by Crippen LogP contribution is -2.51. The lowest BCUT2D eigenvalue weighted by Gasteiger charge is -2.41. The molecule has 0 aromatic heterocycles. The van der Waals surface area contributed by atoms with Crippen molar-refractivity contribution in [2.45, 2.75) is 42.3 Å². The summed E-state index contributed by atoms with van der Waals surface area (Å²) in [6.45, 7) is 0. The molecule has 2 aliphatic heterocycles. The monoisotopic (exact) mass is 335 g/mol. The quantitative estimate of drug-likeness (QED) is 0.774. The van der Waals surface area contributed by atoms with Gasteiger partial charge in [0.2, 0.25) is 0 Å². The standard InChI is InChI=1S/C18H25NO3S/c1-19-13-6-9-15(19)17(18(20)22-3)16(10-13)23-11-12-4-7-14(21-2)8-5-12/h4-5,7-8,13,15-17H,6,9-11H2,1-3H3/t13-,15+,16+,17+/m0/s1. The molecule has 2 fully saturated rings. The fourth-order valence-corrected chi connectivity index (χ4v) is 5.42. The van der Waals surface area contributed by atoms with Crippen LogP contribution in [-0.2, 0) is 15.3 Å². The van der Waals surface area contributed by atoms with Gasteiger partial charge in [-0.1, -0.05) is 12.1 Å². The van der Waals surface area contributed by atoms with E-state index >= 15 is 0 Å². The number of thioether (sulfide) groups is 1. The molecule has 2 bridgehead atoms. The molecule has 0 spiro atoms. The van der Waals surface area contributed by atoms with Crippen molar-refractivity contribution in [2.75, 3.05) is 21.3 Å². The van der Waals surface area contributed by atoms with Crippen molar-refractivity contribution in [2.24, 2.45) is 5.92 Å². The number of fused-ring (bicyclic) bond motifs is 2. The van der Waals surface area contributed by atoms with Crippen LogP contribution in [0, 0.1) is 5.92 Å². The largest absolute Gasteiger partial charge is 0.497 e. The topological polar surface area (TPSA) is 38.8 Å². The Hall–Kier alpha value is -1.20. The van der Waals surface area contributed by atoms with Crippen molar-refractivity contribution in [1.29, 1.82) is 0 Å². The number of esters is 1. The Morgan fingerprint density at radius 2 is 2.00 bits per heavy atom. The number of rotatable bonds is 5. The van der Waals surface area contributed by atoms with Crippen LogP contribution < -0.4 is 4.74 Å². The van der Waals surface area contributed by atoms with Crippen molar-refractivity contribution in [3.8, 4) is 5.75 Å². The van der Waals surface area contributed by atoms with E-state index in [2.05, 4.69) is 24.1 Å². The molecule has 0 radical (unpaired) electrons. The van der Waals surface area contributed by atoms with Gasteiger partial charge in [0, 0.05) is 23.1 Å². The number of piperidine rings is 1. The molecule has 0 saturated carbocycles. The molecule has 23 heavy (non-hydrogen) atoms. The van der Waals surface area contributed by atoms with E-state index in [9.17, 15) is 4.79 Å². The average molecular weight is 335 g/mol. The maximum Gasteiger partial charge on any atom is 0.311 e. The minimum atomic E-state index is -0.0468. The predicted octanol–water partition coefficient (Wildman–Crippen LogP) is 2.95. The molecule has 1 aromatic carbocycles. The Labute approximate surface area is 142 Å². The van der Waals surface area contributed by atoms with Crippen molar-refractivity contribution in [1.82, 2.24) is 4.90 Å². The Morgan fingerprint density at radius 1 is 1.26 bits per heavy atom. The molecule has 2 saturated heterocycles. The van der Waals surface area contributed by atoms with Gasteiger partial charge in [-0.3, -0.25) is 9.69 Å². The molecule has 0 amide bonds. The van der Waals surface area contributed by atoms with Crippen LogP contribution in [0.4, 0.5) is 0 Å². The molecule has 126 valence electrons. The van der Waals surface area contributed by atoms with Crippen molar-refractivity contribution < 1.29 is 14.3 Å². The molecule has 0 unspecified atom stereocenters. The third kappa shape index (κ3) is 3.36. The molecule has 5 heteroatoms. The molecular formula is C18H25NO3S. The highest BCUT2D eigenvalue weighted by Crippen LogP contribution is 2.44. The Kier molecular flexibility index (Phi) is 5.17. The number of methoxy groups -OCH3 is 2. The molecule has 1 aromatic rings. The first kappa shape index (κ1) is 16.7. The zero-order chi connectivity index (χ0) is 16.4. The number of ether oxygens (including phenoxy) is 2. The van der Waals surface area contributed by atoms with E-state index in [1.807, 2.05) is 23.9 Å². The van der Waals surface area contributed by atoms with Crippen LogP contribution in [0.25, 0.3) is 0 Å². The second-order valence-electron chi connectivity index (χ2n) is 6.45. The van der Waals surface area contributed by atoms with Gasteiger partial charge in [-0.2, -0.15) is 11.8 Å². The van der Waals surface area contributed by atoms with Gasteiger partial charge in [0.05, 0.1) is 20.1 Å². The highest BCUT2D eigenvalue weighted by molar-refractivity contribution is 7.99.